The van der Waals surface area contributed by atoms with Crippen LogP contribution in [-0.2, 0) is 4.79 Å². The Labute approximate surface area is 118 Å². The molecule has 0 atom stereocenters. The van der Waals surface area contributed by atoms with Gasteiger partial charge in [-0.05, 0) is 29.6 Å². The van der Waals surface area contributed by atoms with Crippen molar-refractivity contribution in [3.05, 3.63) is 51.2 Å². The zero-order valence-corrected chi connectivity index (χ0v) is 11.2. The second-order valence-corrected chi connectivity index (χ2v) is 5.01. The van der Waals surface area contributed by atoms with Crippen LogP contribution in [0.3, 0.4) is 0 Å². The molecule has 2 aromatic rings. The fourth-order valence-electron chi connectivity index (χ4n) is 1.49. The number of ether oxygens (including phenoxy) is 1. The van der Waals surface area contributed by atoms with E-state index in [1.165, 1.54) is 23.5 Å². The van der Waals surface area contributed by atoms with Crippen molar-refractivity contribution in [1.82, 2.24) is 0 Å². The highest BCUT2D eigenvalue weighted by molar-refractivity contribution is 7.12. The van der Waals surface area contributed by atoms with Gasteiger partial charge in [0.05, 0.1) is 10.4 Å². The summed E-state index contributed by atoms with van der Waals surface area (Å²) >= 11 is 7.16. The average molecular weight is 297 g/mol. The standard InChI is InChI=1S/C13H9ClO4S/c14-8-3-4-10(18-7-12(15)16)9(6-8)13(17)11-2-1-5-19-11/h1-6H,7H2,(H,15,16). The number of aliphatic carboxylic acids is 1. The van der Waals surface area contributed by atoms with Crippen molar-refractivity contribution in [3.63, 3.8) is 0 Å². The van der Waals surface area contributed by atoms with Gasteiger partial charge in [-0.15, -0.1) is 11.3 Å². The van der Waals surface area contributed by atoms with Crippen LogP contribution in [0.1, 0.15) is 15.2 Å². The molecule has 0 amide bonds. The van der Waals surface area contributed by atoms with Crippen LogP contribution in [0.15, 0.2) is 35.7 Å². The van der Waals surface area contributed by atoms with Crippen molar-refractivity contribution in [1.29, 1.82) is 0 Å². The Hall–Kier alpha value is -1.85. The molecule has 0 radical (unpaired) electrons. The first kappa shape index (κ1) is 13.6. The monoisotopic (exact) mass is 296 g/mol. The second kappa shape index (κ2) is 5.86. The first-order valence-corrected chi connectivity index (χ1v) is 6.56. The number of hydrogen-bond acceptors (Lipinski definition) is 4. The van der Waals surface area contributed by atoms with Gasteiger partial charge in [0.2, 0.25) is 5.78 Å². The van der Waals surface area contributed by atoms with Crippen molar-refractivity contribution in [2.45, 2.75) is 0 Å². The number of carbonyl (C=O) groups is 2. The van der Waals surface area contributed by atoms with Crippen molar-refractivity contribution < 1.29 is 19.4 Å². The summed E-state index contributed by atoms with van der Waals surface area (Å²) < 4.78 is 5.10. The van der Waals surface area contributed by atoms with Crippen LogP contribution in [0.2, 0.25) is 5.02 Å². The summed E-state index contributed by atoms with van der Waals surface area (Å²) in [6, 6.07) is 7.96. The fraction of sp³-hybridized carbons (Fsp3) is 0.0769. The van der Waals surface area contributed by atoms with Crippen molar-refractivity contribution in [2.75, 3.05) is 6.61 Å². The van der Waals surface area contributed by atoms with Crippen molar-refractivity contribution in [2.24, 2.45) is 0 Å². The van der Waals surface area contributed by atoms with E-state index in [1.54, 1.807) is 23.6 Å². The van der Waals surface area contributed by atoms with Gasteiger partial charge >= 0.3 is 5.97 Å². The fourth-order valence-corrected chi connectivity index (χ4v) is 2.34. The molecule has 1 aromatic carbocycles. The Morgan fingerprint density at radius 2 is 2.11 bits per heavy atom. The minimum absolute atomic E-state index is 0.213. The van der Waals surface area contributed by atoms with E-state index >= 15 is 0 Å². The van der Waals surface area contributed by atoms with Gasteiger partial charge in [0.1, 0.15) is 5.75 Å². The zero-order valence-electron chi connectivity index (χ0n) is 9.63. The molecule has 0 aliphatic rings. The van der Waals surface area contributed by atoms with Crippen LogP contribution in [0.5, 0.6) is 5.75 Å². The number of carboxylic acids is 1. The predicted octanol–water partition coefficient (Wildman–Crippen LogP) is 3.10. The van der Waals surface area contributed by atoms with Gasteiger partial charge in [-0.1, -0.05) is 17.7 Å². The lowest BCUT2D eigenvalue weighted by Crippen LogP contribution is -2.12. The van der Waals surface area contributed by atoms with Gasteiger partial charge in [-0.3, -0.25) is 4.79 Å². The second-order valence-electron chi connectivity index (χ2n) is 3.63. The lowest BCUT2D eigenvalue weighted by Gasteiger charge is -2.09. The van der Waals surface area contributed by atoms with E-state index in [2.05, 4.69) is 0 Å². The molecule has 19 heavy (non-hydrogen) atoms. The Morgan fingerprint density at radius 1 is 1.32 bits per heavy atom. The number of thiophene rings is 1. The maximum atomic E-state index is 12.2. The maximum absolute atomic E-state index is 12.2. The summed E-state index contributed by atoms with van der Waals surface area (Å²) in [6.45, 7) is -0.508. The zero-order chi connectivity index (χ0) is 13.8. The van der Waals surface area contributed by atoms with Gasteiger partial charge < -0.3 is 9.84 Å². The molecule has 2 rings (SSSR count). The first-order chi connectivity index (χ1) is 9.08. The van der Waals surface area contributed by atoms with E-state index in [4.69, 9.17) is 21.4 Å². The van der Waals surface area contributed by atoms with Gasteiger partial charge in [-0.25, -0.2) is 4.79 Å². The minimum Gasteiger partial charge on any atom is -0.481 e. The predicted molar refractivity (Wildman–Crippen MR) is 72.3 cm³/mol. The van der Waals surface area contributed by atoms with E-state index in [0.717, 1.165) is 0 Å². The van der Waals surface area contributed by atoms with Crippen LogP contribution < -0.4 is 4.74 Å². The Morgan fingerprint density at radius 3 is 2.74 bits per heavy atom. The third-order valence-corrected chi connectivity index (χ3v) is 3.39. The van der Waals surface area contributed by atoms with E-state index in [0.29, 0.717) is 9.90 Å². The normalized spacial score (nSPS) is 10.2. The number of hydrogen-bond donors (Lipinski definition) is 1. The molecule has 4 nitrogen and oxygen atoms in total. The lowest BCUT2D eigenvalue weighted by molar-refractivity contribution is -0.139. The molecule has 0 aliphatic carbocycles. The highest BCUT2D eigenvalue weighted by Crippen LogP contribution is 2.26. The molecule has 6 heteroatoms. The van der Waals surface area contributed by atoms with Crippen molar-refractivity contribution in [3.8, 4) is 5.75 Å². The summed E-state index contributed by atoms with van der Waals surface area (Å²) in [5.74, 6) is -1.13. The summed E-state index contributed by atoms with van der Waals surface area (Å²) in [4.78, 5) is 23.3. The quantitative estimate of drug-likeness (QED) is 0.861. The van der Waals surface area contributed by atoms with E-state index < -0.39 is 12.6 Å². The molecular formula is C13H9ClO4S. The number of benzene rings is 1. The highest BCUT2D eigenvalue weighted by Gasteiger charge is 2.17. The molecule has 1 N–H and O–H groups in total. The number of carbonyl (C=O) groups excluding carboxylic acids is 1. The SMILES string of the molecule is O=C(O)COc1ccc(Cl)cc1C(=O)c1cccs1. The molecule has 0 bridgehead atoms. The third-order valence-electron chi connectivity index (χ3n) is 2.28. The summed E-state index contributed by atoms with van der Waals surface area (Å²) in [7, 11) is 0. The minimum atomic E-state index is -1.11. The first-order valence-electron chi connectivity index (χ1n) is 5.30. The molecular weight excluding hydrogens is 288 g/mol. The smallest absolute Gasteiger partial charge is 0.341 e. The number of halogens is 1. The lowest BCUT2D eigenvalue weighted by atomic mass is 10.1. The number of carboxylic acid groups (broad SMARTS) is 1. The number of rotatable bonds is 5. The summed E-state index contributed by atoms with van der Waals surface area (Å²) in [5.41, 5.74) is 0.260. The van der Waals surface area contributed by atoms with Gasteiger partial charge in [0.15, 0.2) is 6.61 Å². The Kier molecular flexibility index (Phi) is 4.19. The molecule has 0 aliphatic heterocycles. The van der Waals surface area contributed by atoms with Crippen LogP contribution in [0.25, 0.3) is 0 Å². The van der Waals surface area contributed by atoms with Crippen LogP contribution >= 0.6 is 22.9 Å². The van der Waals surface area contributed by atoms with Crippen molar-refractivity contribution >= 4 is 34.7 Å². The third kappa shape index (κ3) is 3.33. The average Bonchev–Trinajstić information content (AvgIpc) is 2.90. The molecule has 0 spiro atoms. The topological polar surface area (TPSA) is 63.6 Å². The van der Waals surface area contributed by atoms with Gasteiger partial charge in [-0.2, -0.15) is 0 Å². The van der Waals surface area contributed by atoms with E-state index in [-0.39, 0.29) is 17.1 Å². The molecule has 0 saturated carbocycles. The Balaban J connectivity index is 2.34. The van der Waals surface area contributed by atoms with E-state index in [9.17, 15) is 9.59 Å². The van der Waals surface area contributed by atoms with Crippen LogP contribution in [0, 0.1) is 0 Å². The van der Waals surface area contributed by atoms with E-state index in [1.807, 2.05) is 0 Å². The summed E-state index contributed by atoms with van der Waals surface area (Å²) in [6.07, 6.45) is 0. The molecule has 1 heterocycles. The molecule has 98 valence electrons. The van der Waals surface area contributed by atoms with Crippen LogP contribution in [-0.4, -0.2) is 23.5 Å². The van der Waals surface area contributed by atoms with Gasteiger partial charge in [0, 0.05) is 5.02 Å². The molecule has 1 aromatic heterocycles. The largest absolute Gasteiger partial charge is 0.481 e. The molecule has 0 unspecified atom stereocenters. The molecule has 0 saturated heterocycles. The maximum Gasteiger partial charge on any atom is 0.341 e. The molecule has 0 fully saturated rings. The summed E-state index contributed by atoms with van der Waals surface area (Å²) in [5, 5.41) is 10.8. The van der Waals surface area contributed by atoms with Gasteiger partial charge in [0.25, 0.3) is 0 Å². The Bertz CT molecular complexity index is 607. The number of ketones is 1. The highest BCUT2D eigenvalue weighted by atomic mass is 35.5. The van der Waals surface area contributed by atoms with Crippen LogP contribution in [0.4, 0.5) is 0 Å².